The lowest BCUT2D eigenvalue weighted by Gasteiger charge is -2.13. The van der Waals surface area contributed by atoms with Crippen LogP contribution in [-0.2, 0) is 0 Å². The van der Waals surface area contributed by atoms with E-state index >= 15 is 0 Å². The molecule has 0 spiro atoms. The van der Waals surface area contributed by atoms with Crippen molar-refractivity contribution in [2.75, 3.05) is 5.32 Å². The van der Waals surface area contributed by atoms with E-state index in [2.05, 4.69) is 27.2 Å². The molecule has 0 fully saturated rings. The molecule has 2 aromatic rings. The summed E-state index contributed by atoms with van der Waals surface area (Å²) in [6, 6.07) is 1.79. The van der Waals surface area contributed by atoms with Gasteiger partial charge >= 0.3 is 0 Å². The van der Waals surface area contributed by atoms with Gasteiger partial charge in [-0.05, 0) is 26.8 Å². The number of thiazole rings is 1. The molecule has 19 heavy (non-hydrogen) atoms. The number of hydrogen-bond donors (Lipinski definition) is 2. The number of thiocarbonyl (C=S) groups is 1. The molecule has 0 bridgehead atoms. The summed E-state index contributed by atoms with van der Waals surface area (Å²) in [5.41, 5.74) is 7.16. The standard InChI is InChI=1S/C12H15N5S2/c1-6-10(19-8(3)15-6)7(2)16-12-14-5-4-9(17-12)11(13)18/h4-5,7H,1-3H3,(H2,13,18)(H,14,16,17). The van der Waals surface area contributed by atoms with Crippen molar-refractivity contribution in [3.05, 3.63) is 33.5 Å². The lowest BCUT2D eigenvalue weighted by atomic mass is 10.2. The first kappa shape index (κ1) is 13.8. The first-order valence-corrected chi connectivity index (χ1v) is 7.03. The van der Waals surface area contributed by atoms with E-state index in [9.17, 15) is 0 Å². The normalized spacial score (nSPS) is 12.2. The Labute approximate surface area is 121 Å². The maximum absolute atomic E-state index is 5.56. The largest absolute Gasteiger partial charge is 0.388 e. The number of aromatic nitrogens is 3. The Morgan fingerprint density at radius 1 is 1.42 bits per heavy atom. The van der Waals surface area contributed by atoms with Crippen molar-refractivity contribution in [3.63, 3.8) is 0 Å². The Hall–Kier alpha value is -1.60. The van der Waals surface area contributed by atoms with Gasteiger partial charge in [0, 0.05) is 11.1 Å². The van der Waals surface area contributed by atoms with Gasteiger partial charge in [0.05, 0.1) is 16.7 Å². The fourth-order valence-electron chi connectivity index (χ4n) is 1.77. The number of aryl methyl sites for hydroxylation is 2. The van der Waals surface area contributed by atoms with Gasteiger partial charge < -0.3 is 11.1 Å². The zero-order chi connectivity index (χ0) is 14.0. The van der Waals surface area contributed by atoms with Gasteiger partial charge in [-0.25, -0.2) is 15.0 Å². The highest BCUT2D eigenvalue weighted by Gasteiger charge is 2.14. The molecule has 0 aliphatic heterocycles. The average Bonchev–Trinajstić information content (AvgIpc) is 2.69. The third-order valence-corrected chi connectivity index (χ3v) is 4.05. The van der Waals surface area contributed by atoms with Gasteiger partial charge in [-0.15, -0.1) is 11.3 Å². The van der Waals surface area contributed by atoms with Crippen LogP contribution < -0.4 is 11.1 Å². The van der Waals surface area contributed by atoms with E-state index in [4.69, 9.17) is 18.0 Å². The van der Waals surface area contributed by atoms with Crippen LogP contribution in [0.15, 0.2) is 12.3 Å². The molecule has 2 aromatic heterocycles. The first-order valence-electron chi connectivity index (χ1n) is 5.80. The topological polar surface area (TPSA) is 76.7 Å². The van der Waals surface area contributed by atoms with Crippen LogP contribution in [0.1, 0.15) is 34.2 Å². The van der Waals surface area contributed by atoms with E-state index < -0.39 is 0 Å². The zero-order valence-electron chi connectivity index (χ0n) is 11.0. The molecule has 7 heteroatoms. The second-order valence-corrected chi connectivity index (χ2v) is 5.85. The van der Waals surface area contributed by atoms with Crippen molar-refractivity contribution in [1.29, 1.82) is 0 Å². The smallest absolute Gasteiger partial charge is 0.223 e. The van der Waals surface area contributed by atoms with Crippen LogP contribution in [0, 0.1) is 13.8 Å². The molecule has 0 saturated carbocycles. The third kappa shape index (κ3) is 3.24. The molecule has 0 radical (unpaired) electrons. The lowest BCUT2D eigenvalue weighted by molar-refractivity contribution is 0.865. The van der Waals surface area contributed by atoms with Crippen LogP contribution in [0.5, 0.6) is 0 Å². The number of nitrogens with two attached hydrogens (primary N) is 1. The van der Waals surface area contributed by atoms with Crippen molar-refractivity contribution in [2.24, 2.45) is 5.73 Å². The fraction of sp³-hybridized carbons (Fsp3) is 0.333. The van der Waals surface area contributed by atoms with E-state index in [0.717, 1.165) is 10.7 Å². The Morgan fingerprint density at radius 3 is 2.74 bits per heavy atom. The molecule has 0 aliphatic rings. The molecule has 0 amide bonds. The maximum Gasteiger partial charge on any atom is 0.223 e. The summed E-state index contributed by atoms with van der Waals surface area (Å²) in [7, 11) is 0. The van der Waals surface area contributed by atoms with Crippen molar-refractivity contribution in [1.82, 2.24) is 15.0 Å². The van der Waals surface area contributed by atoms with Crippen molar-refractivity contribution < 1.29 is 0 Å². The maximum atomic E-state index is 5.56. The highest BCUT2D eigenvalue weighted by molar-refractivity contribution is 7.80. The van der Waals surface area contributed by atoms with Gasteiger partial charge in [0.2, 0.25) is 5.95 Å². The molecule has 3 N–H and O–H groups in total. The molecule has 1 unspecified atom stereocenters. The van der Waals surface area contributed by atoms with E-state index in [1.54, 1.807) is 23.6 Å². The molecule has 5 nitrogen and oxygen atoms in total. The second kappa shape index (κ2) is 5.58. The van der Waals surface area contributed by atoms with Crippen LogP contribution in [0.4, 0.5) is 5.95 Å². The zero-order valence-corrected chi connectivity index (χ0v) is 12.6. The Kier molecular flexibility index (Phi) is 4.06. The predicted octanol–water partition coefficient (Wildman–Crippen LogP) is 2.36. The van der Waals surface area contributed by atoms with Gasteiger partial charge in [-0.3, -0.25) is 0 Å². The first-order chi connectivity index (χ1) is 8.97. The number of hydrogen-bond acceptors (Lipinski definition) is 6. The van der Waals surface area contributed by atoms with Gasteiger partial charge in [0.1, 0.15) is 10.7 Å². The number of nitrogens with one attached hydrogen (secondary N) is 1. The molecular weight excluding hydrogens is 278 g/mol. The van der Waals surface area contributed by atoms with E-state index in [1.165, 1.54) is 4.88 Å². The number of nitrogens with zero attached hydrogens (tertiary/aromatic N) is 3. The van der Waals surface area contributed by atoms with Crippen molar-refractivity contribution in [2.45, 2.75) is 26.8 Å². The minimum absolute atomic E-state index is 0.0906. The van der Waals surface area contributed by atoms with E-state index in [0.29, 0.717) is 11.6 Å². The average molecular weight is 293 g/mol. The van der Waals surface area contributed by atoms with Crippen LogP contribution in [0.2, 0.25) is 0 Å². The summed E-state index contributed by atoms with van der Waals surface area (Å²) < 4.78 is 0. The summed E-state index contributed by atoms with van der Waals surface area (Å²) in [5, 5.41) is 4.30. The molecule has 0 aliphatic carbocycles. The summed E-state index contributed by atoms with van der Waals surface area (Å²) in [5.74, 6) is 0.517. The van der Waals surface area contributed by atoms with E-state index in [1.807, 2.05) is 13.8 Å². The van der Waals surface area contributed by atoms with Gasteiger partial charge in [-0.1, -0.05) is 12.2 Å². The van der Waals surface area contributed by atoms with Crippen molar-refractivity contribution >= 4 is 34.5 Å². The molecular formula is C12H15N5S2. The second-order valence-electron chi connectivity index (χ2n) is 4.18. The number of anilines is 1. The predicted molar refractivity (Wildman–Crippen MR) is 81.5 cm³/mol. The Morgan fingerprint density at radius 2 is 2.16 bits per heavy atom. The summed E-state index contributed by atoms with van der Waals surface area (Å²) in [6.45, 7) is 6.05. The quantitative estimate of drug-likeness (QED) is 0.843. The van der Waals surface area contributed by atoms with E-state index in [-0.39, 0.29) is 11.0 Å². The number of rotatable bonds is 4. The van der Waals surface area contributed by atoms with Crippen LogP contribution in [0.3, 0.4) is 0 Å². The van der Waals surface area contributed by atoms with Gasteiger partial charge in [0.15, 0.2) is 0 Å². The molecule has 0 aromatic carbocycles. The Bertz CT molecular complexity index is 608. The highest BCUT2D eigenvalue weighted by Crippen LogP contribution is 2.26. The molecule has 2 rings (SSSR count). The Balaban J connectivity index is 2.19. The van der Waals surface area contributed by atoms with Crippen LogP contribution >= 0.6 is 23.6 Å². The van der Waals surface area contributed by atoms with Gasteiger partial charge in [0.25, 0.3) is 0 Å². The third-order valence-electron chi connectivity index (χ3n) is 2.59. The molecule has 100 valence electrons. The molecule has 0 saturated heterocycles. The highest BCUT2D eigenvalue weighted by atomic mass is 32.1. The summed E-state index contributed by atoms with van der Waals surface area (Å²) in [6.07, 6.45) is 1.64. The minimum Gasteiger partial charge on any atom is -0.388 e. The minimum atomic E-state index is 0.0906. The fourth-order valence-corrected chi connectivity index (χ4v) is 2.82. The summed E-state index contributed by atoms with van der Waals surface area (Å²) >= 11 is 6.58. The van der Waals surface area contributed by atoms with Crippen LogP contribution in [-0.4, -0.2) is 19.9 Å². The van der Waals surface area contributed by atoms with Crippen molar-refractivity contribution in [3.8, 4) is 0 Å². The molecule has 1 atom stereocenters. The monoisotopic (exact) mass is 293 g/mol. The SMILES string of the molecule is Cc1nc(C)c(C(C)Nc2nccc(C(N)=S)n2)s1. The summed E-state index contributed by atoms with van der Waals surface area (Å²) in [4.78, 5) is 14.3. The van der Waals surface area contributed by atoms with Gasteiger partial charge in [-0.2, -0.15) is 0 Å². The molecule has 2 heterocycles. The van der Waals surface area contributed by atoms with Crippen LogP contribution in [0.25, 0.3) is 0 Å². The lowest BCUT2D eigenvalue weighted by Crippen LogP contribution is -2.15.